The molecule has 228 valence electrons. The number of benzene rings is 4. The van der Waals surface area contributed by atoms with E-state index in [-0.39, 0.29) is 34.8 Å². The van der Waals surface area contributed by atoms with E-state index in [1.54, 1.807) is 30.3 Å². The lowest BCUT2D eigenvalue weighted by atomic mass is 10.1. The number of ketones is 1. The van der Waals surface area contributed by atoms with E-state index in [1.165, 1.54) is 6.08 Å². The largest absolute Gasteiger partial charge is 0.543 e. The Morgan fingerprint density at radius 1 is 0.818 bits per heavy atom. The molecular formula is C36H37ClO6Si. The summed E-state index contributed by atoms with van der Waals surface area (Å²) in [6, 6.07) is 28.6. The molecule has 0 bridgehead atoms. The maximum atomic E-state index is 14.1. The maximum Gasteiger partial charge on any atom is 0.250 e. The Labute approximate surface area is 265 Å². The van der Waals surface area contributed by atoms with Crippen LogP contribution in [0.2, 0.25) is 18.1 Å². The summed E-state index contributed by atoms with van der Waals surface area (Å²) in [6.45, 7) is 11.5. The summed E-state index contributed by atoms with van der Waals surface area (Å²) in [5.74, 6) is 2.16. The molecule has 0 radical (unpaired) electrons. The molecule has 44 heavy (non-hydrogen) atoms. The van der Waals surface area contributed by atoms with Crippen LogP contribution >= 0.6 is 11.6 Å². The Hall–Kier alpha value is -4.20. The van der Waals surface area contributed by atoms with Gasteiger partial charge < -0.3 is 23.4 Å². The monoisotopic (exact) mass is 628 g/mol. The Morgan fingerprint density at radius 3 is 2.05 bits per heavy atom. The lowest BCUT2D eigenvalue weighted by molar-refractivity contribution is 0.104. The summed E-state index contributed by atoms with van der Waals surface area (Å²) >= 11 is 6.73. The third-order valence-corrected chi connectivity index (χ3v) is 12.5. The van der Waals surface area contributed by atoms with E-state index in [4.69, 9.17) is 35.0 Å². The minimum atomic E-state index is -2.41. The number of hydrogen-bond acceptors (Lipinski definition) is 6. The van der Waals surface area contributed by atoms with Gasteiger partial charge in [0, 0.05) is 18.2 Å². The molecule has 0 atom stereocenters. The van der Waals surface area contributed by atoms with Crippen LogP contribution in [-0.2, 0) is 13.2 Å². The van der Waals surface area contributed by atoms with Crippen molar-refractivity contribution in [3.8, 4) is 28.7 Å². The first-order valence-electron chi connectivity index (χ1n) is 14.5. The van der Waals surface area contributed by atoms with Crippen LogP contribution in [0.1, 0.15) is 47.8 Å². The Kier molecular flexibility index (Phi) is 9.37. The molecule has 0 fully saturated rings. The minimum Gasteiger partial charge on any atom is -0.543 e. The quantitative estimate of drug-likeness (QED) is 0.0936. The van der Waals surface area contributed by atoms with Crippen LogP contribution in [0.25, 0.3) is 5.03 Å². The van der Waals surface area contributed by atoms with Crippen molar-refractivity contribution in [1.29, 1.82) is 0 Å². The van der Waals surface area contributed by atoms with Crippen molar-refractivity contribution in [2.45, 2.75) is 52.1 Å². The Morgan fingerprint density at radius 2 is 1.41 bits per heavy atom. The van der Waals surface area contributed by atoms with Crippen LogP contribution in [0.15, 0.2) is 97.1 Å². The number of rotatable bonds is 11. The van der Waals surface area contributed by atoms with E-state index < -0.39 is 8.32 Å². The summed E-state index contributed by atoms with van der Waals surface area (Å²) in [5.41, 5.74) is 2.90. The number of carbonyl (C=O) groups is 1. The van der Waals surface area contributed by atoms with Crippen LogP contribution in [0.4, 0.5) is 0 Å². The van der Waals surface area contributed by atoms with Crippen molar-refractivity contribution in [3.05, 3.63) is 119 Å². The summed E-state index contributed by atoms with van der Waals surface area (Å²) in [6.07, 6.45) is 1.40. The molecule has 0 N–H and O–H groups in total. The zero-order valence-corrected chi connectivity index (χ0v) is 27.4. The first-order chi connectivity index (χ1) is 21.0. The first kappa shape index (κ1) is 31.2. The molecule has 0 amide bonds. The van der Waals surface area contributed by atoms with Gasteiger partial charge in [-0.05, 0) is 53.0 Å². The molecule has 0 unspecified atom stereocenters. The van der Waals surface area contributed by atoms with Gasteiger partial charge in [0.15, 0.2) is 17.3 Å². The summed E-state index contributed by atoms with van der Waals surface area (Å²) in [5, 5.41) is 0.129. The number of fused-ring (bicyclic) bond motifs is 1. The van der Waals surface area contributed by atoms with Gasteiger partial charge in [0.05, 0.1) is 5.03 Å². The van der Waals surface area contributed by atoms with Gasteiger partial charge in [-0.25, -0.2) is 0 Å². The predicted molar refractivity (Wildman–Crippen MR) is 177 cm³/mol. The number of carbonyl (C=O) groups excluding carboxylic acids is 1. The van der Waals surface area contributed by atoms with Crippen LogP contribution in [0.5, 0.6) is 28.7 Å². The van der Waals surface area contributed by atoms with E-state index in [2.05, 4.69) is 33.9 Å². The molecule has 1 aliphatic rings. The van der Waals surface area contributed by atoms with Gasteiger partial charge in [0.1, 0.15) is 36.0 Å². The van der Waals surface area contributed by atoms with Crippen molar-refractivity contribution in [2.75, 3.05) is 6.79 Å². The number of allylic oxidation sites excluding steroid dienone is 1. The third kappa shape index (κ3) is 7.47. The fourth-order valence-electron chi connectivity index (χ4n) is 4.31. The summed E-state index contributed by atoms with van der Waals surface area (Å²) in [4.78, 5) is 14.1. The molecule has 0 saturated carbocycles. The van der Waals surface area contributed by atoms with E-state index >= 15 is 0 Å². The van der Waals surface area contributed by atoms with Crippen LogP contribution in [0, 0.1) is 0 Å². The number of ether oxygens (including phenoxy) is 4. The third-order valence-electron chi connectivity index (χ3n) is 7.85. The normalized spacial score (nSPS) is 13.0. The maximum absolute atomic E-state index is 14.1. The van der Waals surface area contributed by atoms with Crippen LogP contribution in [0.3, 0.4) is 0 Å². The highest BCUT2D eigenvalue weighted by Gasteiger charge is 2.40. The molecule has 0 spiro atoms. The molecule has 4 aromatic carbocycles. The second-order valence-corrected chi connectivity index (χ2v) is 17.3. The van der Waals surface area contributed by atoms with Crippen molar-refractivity contribution >= 4 is 30.7 Å². The molecule has 1 heterocycles. The van der Waals surface area contributed by atoms with E-state index in [1.807, 2.05) is 60.7 Å². The lowest BCUT2D eigenvalue weighted by Gasteiger charge is -2.37. The molecule has 0 aromatic heterocycles. The zero-order chi connectivity index (χ0) is 31.3. The molecule has 5 rings (SSSR count). The summed E-state index contributed by atoms with van der Waals surface area (Å²) in [7, 11) is -2.41. The van der Waals surface area contributed by atoms with Crippen molar-refractivity contribution < 1.29 is 28.2 Å². The van der Waals surface area contributed by atoms with Gasteiger partial charge in [0.2, 0.25) is 6.79 Å². The second kappa shape index (κ2) is 13.2. The molecular weight excluding hydrogens is 592 g/mol. The Balaban J connectivity index is 1.57. The van der Waals surface area contributed by atoms with Gasteiger partial charge in [-0.3, -0.25) is 4.79 Å². The van der Waals surface area contributed by atoms with Crippen molar-refractivity contribution in [2.24, 2.45) is 0 Å². The van der Waals surface area contributed by atoms with Gasteiger partial charge in [-0.15, -0.1) is 0 Å². The average Bonchev–Trinajstić information content (AvgIpc) is 3.47. The zero-order valence-electron chi connectivity index (χ0n) is 25.7. The van der Waals surface area contributed by atoms with Crippen LogP contribution in [-0.4, -0.2) is 20.9 Å². The fraction of sp³-hybridized carbons (Fsp3) is 0.250. The van der Waals surface area contributed by atoms with E-state index in [0.29, 0.717) is 40.9 Å². The topological polar surface area (TPSA) is 63.2 Å². The van der Waals surface area contributed by atoms with Gasteiger partial charge in [-0.2, -0.15) is 0 Å². The van der Waals surface area contributed by atoms with Crippen LogP contribution < -0.4 is 23.4 Å². The van der Waals surface area contributed by atoms with Gasteiger partial charge in [-0.1, -0.05) is 93.0 Å². The average molecular weight is 629 g/mol. The SMILES string of the molecule is CC(C)(C)[Si](C)(C)Oc1cc(OCc2ccccc2)cc(OCc2ccccc2)c1C(=O)/C=C(\Cl)c1ccc2c(c1)OCO2. The fourth-order valence-corrected chi connectivity index (χ4v) is 5.54. The van der Waals surface area contributed by atoms with Gasteiger partial charge >= 0.3 is 0 Å². The van der Waals surface area contributed by atoms with Crippen molar-refractivity contribution in [3.63, 3.8) is 0 Å². The highest BCUT2D eigenvalue weighted by molar-refractivity contribution is 6.74. The van der Waals surface area contributed by atoms with Gasteiger partial charge in [0.25, 0.3) is 8.32 Å². The molecule has 1 aliphatic heterocycles. The molecule has 0 saturated heterocycles. The molecule has 4 aromatic rings. The van der Waals surface area contributed by atoms with E-state index in [9.17, 15) is 4.79 Å². The minimum absolute atomic E-state index is 0.126. The number of halogens is 1. The molecule has 0 aliphatic carbocycles. The van der Waals surface area contributed by atoms with E-state index in [0.717, 1.165) is 11.1 Å². The molecule has 6 nitrogen and oxygen atoms in total. The highest BCUT2D eigenvalue weighted by atomic mass is 35.5. The Bertz CT molecular complexity index is 1640. The number of hydrogen-bond donors (Lipinski definition) is 0. The predicted octanol–water partition coefficient (Wildman–Crippen LogP) is 9.42. The molecule has 8 heteroatoms. The lowest BCUT2D eigenvalue weighted by Crippen LogP contribution is -2.44. The standard InChI is InChI=1S/C36H37ClO6Si/c1-36(2,3)44(4,5)43-34-20-28(39-22-25-12-8-6-9-13-25)19-33(40-23-26-14-10-7-11-15-26)35(34)30(38)21-29(37)27-16-17-31-32(18-27)42-24-41-31/h6-21H,22-24H2,1-5H3/b29-21-. The smallest absolute Gasteiger partial charge is 0.250 e. The second-order valence-electron chi connectivity index (χ2n) is 12.1. The highest BCUT2D eigenvalue weighted by Crippen LogP contribution is 2.43. The van der Waals surface area contributed by atoms with Crippen molar-refractivity contribution in [1.82, 2.24) is 0 Å². The first-order valence-corrected chi connectivity index (χ1v) is 17.8. The summed E-state index contributed by atoms with van der Waals surface area (Å²) < 4.78 is 30.3.